The minimum Gasteiger partial charge on any atom is -0.295 e. The van der Waals surface area contributed by atoms with Gasteiger partial charge in [-0.05, 0) is 25.0 Å². The molecule has 0 spiro atoms. The van der Waals surface area contributed by atoms with E-state index in [2.05, 4.69) is 4.98 Å². The summed E-state index contributed by atoms with van der Waals surface area (Å²) in [6, 6.07) is 15.1. The molecule has 0 aliphatic carbocycles. The summed E-state index contributed by atoms with van der Waals surface area (Å²) < 4.78 is 1.60. The molecule has 120 valence electrons. The summed E-state index contributed by atoms with van der Waals surface area (Å²) >= 11 is 0. The van der Waals surface area contributed by atoms with Gasteiger partial charge >= 0.3 is 0 Å². The third-order valence-corrected chi connectivity index (χ3v) is 3.98. The van der Waals surface area contributed by atoms with Crippen LogP contribution in [-0.2, 0) is 6.54 Å². The highest BCUT2D eigenvalue weighted by Crippen LogP contribution is 2.16. The number of carbonyl (C=O) groups excluding carboxylic acids is 1. The van der Waals surface area contributed by atoms with Crippen LogP contribution in [0.3, 0.4) is 0 Å². The molecule has 0 radical (unpaired) electrons. The Hall–Kier alpha value is -3.01. The van der Waals surface area contributed by atoms with E-state index in [1.165, 1.54) is 12.5 Å². The van der Waals surface area contributed by atoms with Crippen molar-refractivity contribution in [3.63, 3.8) is 0 Å². The largest absolute Gasteiger partial charge is 0.295 e. The van der Waals surface area contributed by atoms with Crippen LogP contribution in [0, 0.1) is 6.92 Å². The molecule has 3 rings (SSSR count). The van der Waals surface area contributed by atoms with Crippen molar-refractivity contribution in [1.82, 2.24) is 9.55 Å². The first kappa shape index (κ1) is 15.9. The molecule has 0 fully saturated rings. The first-order valence-electron chi connectivity index (χ1n) is 7.76. The molecule has 0 unspecified atom stereocenters. The van der Waals surface area contributed by atoms with Crippen LogP contribution in [0.2, 0.25) is 0 Å². The number of benzene rings is 2. The standard InChI is InChI=1S/C20H18N2O2/c1-14-3-5-16(6-4-14)12-22-13-21-11-19(20(22)24)18-9-7-17(8-10-18)15(2)23/h3-11,13H,12H2,1-2H3. The molecule has 1 heterocycles. The first-order valence-corrected chi connectivity index (χ1v) is 7.76. The van der Waals surface area contributed by atoms with E-state index in [1.54, 1.807) is 41.4 Å². The second-order valence-electron chi connectivity index (χ2n) is 5.86. The van der Waals surface area contributed by atoms with Crippen LogP contribution < -0.4 is 5.56 Å². The topological polar surface area (TPSA) is 52.0 Å². The zero-order valence-electron chi connectivity index (χ0n) is 13.7. The summed E-state index contributed by atoms with van der Waals surface area (Å²) in [7, 11) is 0. The predicted molar refractivity (Wildman–Crippen MR) is 94.2 cm³/mol. The second-order valence-corrected chi connectivity index (χ2v) is 5.86. The van der Waals surface area contributed by atoms with Gasteiger partial charge in [-0.2, -0.15) is 0 Å². The number of aryl methyl sites for hydroxylation is 1. The molecule has 4 nitrogen and oxygen atoms in total. The number of Topliss-reactive ketones (excluding diaryl/α,β-unsaturated/α-hetero) is 1. The molecule has 24 heavy (non-hydrogen) atoms. The van der Waals surface area contributed by atoms with Crippen molar-refractivity contribution in [2.75, 3.05) is 0 Å². The summed E-state index contributed by atoms with van der Waals surface area (Å²) in [4.78, 5) is 28.3. The summed E-state index contributed by atoms with van der Waals surface area (Å²) in [5.74, 6) is 0.00418. The van der Waals surface area contributed by atoms with Crippen molar-refractivity contribution >= 4 is 5.78 Å². The Morgan fingerprint density at radius 2 is 1.71 bits per heavy atom. The molecule has 3 aromatic rings. The number of carbonyl (C=O) groups is 1. The van der Waals surface area contributed by atoms with Crippen LogP contribution in [-0.4, -0.2) is 15.3 Å². The fourth-order valence-corrected chi connectivity index (χ4v) is 2.54. The SMILES string of the molecule is CC(=O)c1ccc(-c2cncn(Cc3ccc(C)cc3)c2=O)cc1. The summed E-state index contributed by atoms with van der Waals surface area (Å²) in [6.07, 6.45) is 3.12. The van der Waals surface area contributed by atoms with Crippen LogP contribution in [0.5, 0.6) is 0 Å². The van der Waals surface area contributed by atoms with Gasteiger partial charge in [-0.1, -0.05) is 54.1 Å². The Morgan fingerprint density at radius 3 is 2.33 bits per heavy atom. The fraction of sp³-hybridized carbons (Fsp3) is 0.150. The van der Waals surface area contributed by atoms with Crippen molar-refractivity contribution in [3.05, 3.63) is 88.1 Å². The van der Waals surface area contributed by atoms with E-state index in [4.69, 9.17) is 0 Å². The molecule has 0 amide bonds. The number of hydrogen-bond acceptors (Lipinski definition) is 3. The van der Waals surface area contributed by atoms with Gasteiger partial charge in [-0.25, -0.2) is 4.98 Å². The molecular formula is C20H18N2O2. The highest BCUT2D eigenvalue weighted by Gasteiger charge is 2.08. The Kier molecular flexibility index (Phi) is 4.38. The normalized spacial score (nSPS) is 10.6. The van der Waals surface area contributed by atoms with Crippen LogP contribution in [0.4, 0.5) is 0 Å². The van der Waals surface area contributed by atoms with Crippen molar-refractivity contribution in [2.24, 2.45) is 0 Å². The quantitative estimate of drug-likeness (QED) is 0.692. The molecule has 0 bridgehead atoms. The number of hydrogen-bond donors (Lipinski definition) is 0. The highest BCUT2D eigenvalue weighted by molar-refractivity contribution is 5.94. The van der Waals surface area contributed by atoms with Gasteiger partial charge < -0.3 is 0 Å². The van der Waals surface area contributed by atoms with Gasteiger partial charge in [0.25, 0.3) is 5.56 Å². The van der Waals surface area contributed by atoms with E-state index in [1.807, 2.05) is 31.2 Å². The summed E-state index contributed by atoms with van der Waals surface area (Å²) in [5.41, 5.74) is 4.05. The Balaban J connectivity index is 1.94. The number of aromatic nitrogens is 2. The third-order valence-electron chi connectivity index (χ3n) is 3.98. The lowest BCUT2D eigenvalue weighted by atomic mass is 10.0. The zero-order chi connectivity index (χ0) is 17.1. The Morgan fingerprint density at radius 1 is 1.04 bits per heavy atom. The average Bonchev–Trinajstić information content (AvgIpc) is 2.59. The zero-order valence-corrected chi connectivity index (χ0v) is 13.7. The molecular weight excluding hydrogens is 300 g/mol. The number of nitrogens with zero attached hydrogens (tertiary/aromatic N) is 2. The van der Waals surface area contributed by atoms with E-state index >= 15 is 0 Å². The van der Waals surface area contributed by atoms with E-state index in [-0.39, 0.29) is 11.3 Å². The van der Waals surface area contributed by atoms with Crippen molar-refractivity contribution in [1.29, 1.82) is 0 Å². The van der Waals surface area contributed by atoms with E-state index < -0.39 is 0 Å². The summed E-state index contributed by atoms with van der Waals surface area (Å²) in [5, 5.41) is 0. The van der Waals surface area contributed by atoms with Crippen LogP contribution in [0.1, 0.15) is 28.4 Å². The second kappa shape index (κ2) is 6.62. The van der Waals surface area contributed by atoms with Crippen molar-refractivity contribution in [2.45, 2.75) is 20.4 Å². The lowest BCUT2D eigenvalue weighted by Crippen LogP contribution is -2.22. The molecule has 0 saturated heterocycles. The van der Waals surface area contributed by atoms with Crippen LogP contribution in [0.15, 0.2) is 65.8 Å². The van der Waals surface area contributed by atoms with Gasteiger partial charge in [0.05, 0.1) is 18.4 Å². The van der Waals surface area contributed by atoms with E-state index in [0.29, 0.717) is 17.7 Å². The number of rotatable bonds is 4. The first-order chi connectivity index (χ1) is 11.5. The monoisotopic (exact) mass is 318 g/mol. The van der Waals surface area contributed by atoms with Gasteiger partial charge in [-0.15, -0.1) is 0 Å². The Bertz CT molecular complexity index is 923. The van der Waals surface area contributed by atoms with Crippen LogP contribution in [0.25, 0.3) is 11.1 Å². The lowest BCUT2D eigenvalue weighted by Gasteiger charge is -2.08. The maximum Gasteiger partial charge on any atom is 0.261 e. The van der Waals surface area contributed by atoms with Gasteiger partial charge in [0, 0.05) is 11.8 Å². The molecule has 0 aliphatic heterocycles. The molecule has 4 heteroatoms. The Labute approximate surface area is 140 Å². The molecule has 2 aromatic carbocycles. The molecule has 0 N–H and O–H groups in total. The van der Waals surface area contributed by atoms with Gasteiger partial charge in [0.1, 0.15) is 0 Å². The van der Waals surface area contributed by atoms with Crippen molar-refractivity contribution < 1.29 is 4.79 Å². The number of ketones is 1. The van der Waals surface area contributed by atoms with Gasteiger partial charge in [0.2, 0.25) is 0 Å². The highest BCUT2D eigenvalue weighted by atomic mass is 16.1. The lowest BCUT2D eigenvalue weighted by molar-refractivity contribution is 0.101. The van der Waals surface area contributed by atoms with Crippen LogP contribution >= 0.6 is 0 Å². The minimum absolute atomic E-state index is 0.00418. The molecule has 1 aromatic heterocycles. The predicted octanol–water partition coefficient (Wildman–Crippen LogP) is 3.47. The molecule has 0 atom stereocenters. The van der Waals surface area contributed by atoms with Gasteiger partial charge in [0.15, 0.2) is 5.78 Å². The average molecular weight is 318 g/mol. The van der Waals surface area contributed by atoms with E-state index in [9.17, 15) is 9.59 Å². The van der Waals surface area contributed by atoms with Gasteiger partial charge in [-0.3, -0.25) is 14.2 Å². The molecule has 0 aliphatic rings. The molecule has 0 saturated carbocycles. The smallest absolute Gasteiger partial charge is 0.261 e. The summed E-state index contributed by atoms with van der Waals surface area (Å²) in [6.45, 7) is 4.03. The van der Waals surface area contributed by atoms with Crippen molar-refractivity contribution in [3.8, 4) is 11.1 Å². The maximum absolute atomic E-state index is 12.7. The minimum atomic E-state index is -0.0962. The van der Waals surface area contributed by atoms with E-state index in [0.717, 1.165) is 11.1 Å². The third kappa shape index (κ3) is 3.33. The maximum atomic E-state index is 12.7. The fourth-order valence-electron chi connectivity index (χ4n) is 2.54.